The van der Waals surface area contributed by atoms with Crippen molar-refractivity contribution < 1.29 is 4.79 Å². The van der Waals surface area contributed by atoms with Gasteiger partial charge in [-0.2, -0.15) is 0 Å². The molecule has 1 amide bonds. The standard InChI is InChI=1S/C18H16N2O/c21-18(11-14-6-2-1-3-7-14)20-13-15-10-16-8-4-5-9-17(16)19-12-15/h1-10,12H,11,13H2,(H,20,21). The van der Waals surface area contributed by atoms with Crippen molar-refractivity contribution in [2.75, 3.05) is 0 Å². The molecule has 1 N–H and O–H groups in total. The minimum Gasteiger partial charge on any atom is -0.352 e. The fourth-order valence-electron chi connectivity index (χ4n) is 2.26. The minimum absolute atomic E-state index is 0.0226. The quantitative estimate of drug-likeness (QED) is 0.795. The summed E-state index contributed by atoms with van der Waals surface area (Å²) in [4.78, 5) is 16.3. The Morgan fingerprint density at radius 1 is 0.952 bits per heavy atom. The number of para-hydroxylation sites is 1. The maximum atomic E-state index is 11.9. The number of carbonyl (C=O) groups is 1. The number of aromatic nitrogens is 1. The third-order valence-corrected chi connectivity index (χ3v) is 3.34. The average molecular weight is 276 g/mol. The van der Waals surface area contributed by atoms with Gasteiger partial charge in [-0.15, -0.1) is 0 Å². The van der Waals surface area contributed by atoms with Crippen LogP contribution in [0.4, 0.5) is 0 Å². The lowest BCUT2D eigenvalue weighted by Crippen LogP contribution is -2.24. The number of carbonyl (C=O) groups excluding carboxylic acids is 1. The molecule has 0 saturated heterocycles. The van der Waals surface area contributed by atoms with Crippen molar-refractivity contribution in [1.82, 2.24) is 10.3 Å². The molecule has 3 rings (SSSR count). The largest absolute Gasteiger partial charge is 0.352 e. The first-order valence-corrected chi connectivity index (χ1v) is 6.95. The number of nitrogens with one attached hydrogen (secondary N) is 1. The number of hydrogen-bond acceptors (Lipinski definition) is 2. The summed E-state index contributed by atoms with van der Waals surface area (Å²) >= 11 is 0. The summed E-state index contributed by atoms with van der Waals surface area (Å²) in [5.41, 5.74) is 3.00. The van der Waals surface area contributed by atoms with Crippen molar-refractivity contribution in [3.8, 4) is 0 Å². The van der Waals surface area contributed by atoms with Crippen LogP contribution in [0.15, 0.2) is 66.9 Å². The normalized spacial score (nSPS) is 10.5. The molecule has 0 aliphatic heterocycles. The molecule has 0 atom stereocenters. The Morgan fingerprint density at radius 2 is 1.71 bits per heavy atom. The van der Waals surface area contributed by atoms with Crippen LogP contribution in [0.1, 0.15) is 11.1 Å². The number of pyridine rings is 1. The van der Waals surface area contributed by atoms with Gasteiger partial charge in [0.15, 0.2) is 0 Å². The van der Waals surface area contributed by atoms with Crippen LogP contribution in [0.5, 0.6) is 0 Å². The number of fused-ring (bicyclic) bond motifs is 1. The van der Waals surface area contributed by atoms with Gasteiger partial charge in [-0.05, 0) is 23.3 Å². The highest BCUT2D eigenvalue weighted by atomic mass is 16.1. The third kappa shape index (κ3) is 3.45. The predicted octanol–water partition coefficient (Wildman–Crippen LogP) is 3.09. The Balaban J connectivity index is 1.62. The zero-order valence-electron chi connectivity index (χ0n) is 11.6. The van der Waals surface area contributed by atoms with Crippen LogP contribution in [-0.2, 0) is 17.8 Å². The van der Waals surface area contributed by atoms with E-state index in [1.165, 1.54) is 0 Å². The van der Waals surface area contributed by atoms with E-state index < -0.39 is 0 Å². The number of rotatable bonds is 4. The lowest BCUT2D eigenvalue weighted by Gasteiger charge is -2.06. The van der Waals surface area contributed by atoms with Gasteiger partial charge in [-0.25, -0.2) is 0 Å². The molecule has 21 heavy (non-hydrogen) atoms. The fourth-order valence-corrected chi connectivity index (χ4v) is 2.26. The highest BCUT2D eigenvalue weighted by molar-refractivity contribution is 5.80. The van der Waals surface area contributed by atoms with E-state index in [0.717, 1.165) is 22.0 Å². The Labute approximate surface area is 123 Å². The highest BCUT2D eigenvalue weighted by Crippen LogP contribution is 2.12. The van der Waals surface area contributed by atoms with Crippen LogP contribution in [0, 0.1) is 0 Å². The lowest BCUT2D eigenvalue weighted by atomic mass is 10.1. The van der Waals surface area contributed by atoms with E-state index in [0.29, 0.717) is 13.0 Å². The Morgan fingerprint density at radius 3 is 2.57 bits per heavy atom. The summed E-state index contributed by atoms with van der Waals surface area (Å²) in [6.07, 6.45) is 2.22. The molecular weight excluding hydrogens is 260 g/mol. The van der Waals surface area contributed by atoms with Crippen molar-refractivity contribution >= 4 is 16.8 Å². The summed E-state index contributed by atoms with van der Waals surface area (Å²) in [7, 11) is 0. The summed E-state index contributed by atoms with van der Waals surface area (Å²) in [5, 5.41) is 4.02. The van der Waals surface area contributed by atoms with E-state index in [1.54, 1.807) is 0 Å². The maximum Gasteiger partial charge on any atom is 0.224 e. The fraction of sp³-hybridized carbons (Fsp3) is 0.111. The van der Waals surface area contributed by atoms with Crippen LogP contribution < -0.4 is 5.32 Å². The van der Waals surface area contributed by atoms with E-state index in [1.807, 2.05) is 60.8 Å². The molecule has 0 bridgehead atoms. The molecule has 1 aromatic heterocycles. The number of amides is 1. The summed E-state index contributed by atoms with van der Waals surface area (Å²) in [6.45, 7) is 0.503. The molecular formula is C18H16N2O. The van der Waals surface area contributed by atoms with E-state index in [2.05, 4.69) is 16.4 Å². The van der Waals surface area contributed by atoms with Gasteiger partial charge in [-0.1, -0.05) is 48.5 Å². The minimum atomic E-state index is 0.0226. The van der Waals surface area contributed by atoms with Gasteiger partial charge in [0.05, 0.1) is 11.9 Å². The number of nitrogens with zero attached hydrogens (tertiary/aromatic N) is 1. The van der Waals surface area contributed by atoms with Gasteiger partial charge in [0.25, 0.3) is 0 Å². The van der Waals surface area contributed by atoms with Crippen LogP contribution in [0.2, 0.25) is 0 Å². The second-order valence-electron chi connectivity index (χ2n) is 4.98. The van der Waals surface area contributed by atoms with Gasteiger partial charge in [0, 0.05) is 18.1 Å². The first-order valence-electron chi connectivity index (χ1n) is 6.95. The zero-order chi connectivity index (χ0) is 14.5. The molecule has 0 aliphatic rings. The number of benzene rings is 2. The van der Waals surface area contributed by atoms with Gasteiger partial charge < -0.3 is 5.32 Å². The third-order valence-electron chi connectivity index (χ3n) is 3.34. The lowest BCUT2D eigenvalue weighted by molar-refractivity contribution is -0.120. The van der Waals surface area contributed by atoms with Crippen LogP contribution >= 0.6 is 0 Å². The van der Waals surface area contributed by atoms with Crippen LogP contribution in [0.25, 0.3) is 10.9 Å². The molecule has 3 aromatic rings. The van der Waals surface area contributed by atoms with E-state index >= 15 is 0 Å². The SMILES string of the molecule is O=C(Cc1ccccc1)NCc1cnc2ccccc2c1. The van der Waals surface area contributed by atoms with Gasteiger partial charge >= 0.3 is 0 Å². The first-order chi connectivity index (χ1) is 10.3. The molecule has 0 fully saturated rings. The van der Waals surface area contributed by atoms with Gasteiger partial charge in [-0.3, -0.25) is 9.78 Å². The molecule has 0 aliphatic carbocycles. The van der Waals surface area contributed by atoms with Crippen molar-refractivity contribution in [3.05, 3.63) is 78.0 Å². The topological polar surface area (TPSA) is 42.0 Å². The smallest absolute Gasteiger partial charge is 0.224 e. The van der Waals surface area contributed by atoms with Gasteiger partial charge in [0.1, 0.15) is 0 Å². The Hall–Kier alpha value is -2.68. The highest BCUT2D eigenvalue weighted by Gasteiger charge is 2.03. The van der Waals surface area contributed by atoms with Crippen LogP contribution in [0.3, 0.4) is 0 Å². The average Bonchev–Trinajstić information content (AvgIpc) is 2.54. The van der Waals surface area contributed by atoms with Crippen molar-refractivity contribution in [3.63, 3.8) is 0 Å². The summed E-state index contributed by atoms with van der Waals surface area (Å²) < 4.78 is 0. The molecule has 3 heteroatoms. The first kappa shape index (κ1) is 13.3. The summed E-state index contributed by atoms with van der Waals surface area (Å²) in [5.74, 6) is 0.0226. The Bertz CT molecular complexity index is 753. The van der Waals surface area contributed by atoms with Crippen molar-refractivity contribution in [2.24, 2.45) is 0 Å². The van der Waals surface area contributed by atoms with Crippen molar-refractivity contribution in [2.45, 2.75) is 13.0 Å². The maximum absolute atomic E-state index is 11.9. The monoisotopic (exact) mass is 276 g/mol. The van der Waals surface area contributed by atoms with E-state index in [9.17, 15) is 4.79 Å². The molecule has 3 nitrogen and oxygen atoms in total. The molecule has 0 unspecified atom stereocenters. The molecule has 104 valence electrons. The zero-order valence-corrected chi connectivity index (χ0v) is 11.6. The van der Waals surface area contributed by atoms with E-state index in [-0.39, 0.29) is 5.91 Å². The van der Waals surface area contributed by atoms with Crippen molar-refractivity contribution in [1.29, 1.82) is 0 Å². The second-order valence-corrected chi connectivity index (χ2v) is 4.98. The van der Waals surface area contributed by atoms with Gasteiger partial charge in [0.2, 0.25) is 5.91 Å². The van der Waals surface area contributed by atoms with E-state index in [4.69, 9.17) is 0 Å². The molecule has 1 heterocycles. The number of hydrogen-bond donors (Lipinski definition) is 1. The second kappa shape index (κ2) is 6.18. The summed E-state index contributed by atoms with van der Waals surface area (Å²) in [6, 6.07) is 19.8. The Kier molecular flexibility index (Phi) is 3.92. The van der Waals surface area contributed by atoms with Crippen LogP contribution in [-0.4, -0.2) is 10.9 Å². The molecule has 0 spiro atoms. The predicted molar refractivity (Wildman–Crippen MR) is 83.7 cm³/mol. The molecule has 2 aromatic carbocycles. The molecule has 0 saturated carbocycles. The molecule has 0 radical (unpaired) electrons.